The van der Waals surface area contributed by atoms with Crippen LogP contribution in [0.15, 0.2) is 48.5 Å². The number of hydrogen-bond donors (Lipinski definition) is 1. The second-order valence-corrected chi connectivity index (χ2v) is 11.6. The van der Waals surface area contributed by atoms with Crippen LogP contribution in [0.3, 0.4) is 0 Å². The van der Waals surface area contributed by atoms with Gasteiger partial charge in [0.1, 0.15) is 11.7 Å². The number of nitrogens with zero attached hydrogens (tertiary/aromatic N) is 1. The fraction of sp³-hybridized carbons (Fsp3) is 0.594. The summed E-state index contributed by atoms with van der Waals surface area (Å²) in [6.07, 6.45) is 6.57. The standard InChI is InChI=1S/C18H25NO3.C13H17NO.CH4/c1-18(2,3)22-17(20)19-11-6-9-15(19)16-14-8-5-4-7-13(14)10-12-21-16;1-2-5-11-10(4-1)7-9-15-13(11)12-6-3-8-14-12;/h4-5,7-8,15-16H,6,9-12H2,1-3H3;1-2,4-5,12-14H,3,6-9H2;1H4/t15-,16?;12-,13?;/m00./s1. The number of rotatable bonds is 2. The Morgan fingerprint density at radius 1 is 0.895 bits per heavy atom. The largest absolute Gasteiger partial charge is 0.444 e. The van der Waals surface area contributed by atoms with Crippen LogP contribution in [0, 0.1) is 0 Å². The summed E-state index contributed by atoms with van der Waals surface area (Å²) < 4.78 is 17.5. The molecule has 38 heavy (non-hydrogen) atoms. The van der Waals surface area contributed by atoms with Crippen molar-refractivity contribution in [3.05, 3.63) is 70.8 Å². The zero-order valence-corrected chi connectivity index (χ0v) is 22.6. The van der Waals surface area contributed by atoms with Crippen molar-refractivity contribution in [3.63, 3.8) is 0 Å². The van der Waals surface area contributed by atoms with Gasteiger partial charge in [-0.05, 0) is 88.1 Å². The van der Waals surface area contributed by atoms with Crippen LogP contribution in [-0.4, -0.2) is 55.0 Å². The van der Waals surface area contributed by atoms with E-state index in [2.05, 4.69) is 47.8 Å². The van der Waals surface area contributed by atoms with Crippen molar-refractivity contribution in [1.82, 2.24) is 10.2 Å². The molecule has 4 heterocycles. The van der Waals surface area contributed by atoms with E-state index in [0.29, 0.717) is 6.04 Å². The van der Waals surface area contributed by atoms with Gasteiger partial charge in [-0.3, -0.25) is 0 Å². The maximum absolute atomic E-state index is 12.5. The van der Waals surface area contributed by atoms with Crippen molar-refractivity contribution in [2.75, 3.05) is 26.3 Å². The smallest absolute Gasteiger partial charge is 0.410 e. The number of carbonyl (C=O) groups is 1. The molecule has 4 aliphatic rings. The van der Waals surface area contributed by atoms with Gasteiger partial charge in [0, 0.05) is 12.6 Å². The minimum atomic E-state index is -0.463. The third kappa shape index (κ3) is 6.59. The molecule has 6 heteroatoms. The Balaban J connectivity index is 0.000000184. The molecule has 2 fully saturated rings. The van der Waals surface area contributed by atoms with Crippen LogP contribution in [0.4, 0.5) is 4.79 Å². The van der Waals surface area contributed by atoms with E-state index < -0.39 is 5.60 Å². The summed E-state index contributed by atoms with van der Waals surface area (Å²) in [6.45, 7) is 9.21. The first-order chi connectivity index (χ1) is 17.9. The average Bonchev–Trinajstić information content (AvgIpc) is 3.60. The Morgan fingerprint density at radius 3 is 2.11 bits per heavy atom. The van der Waals surface area contributed by atoms with Gasteiger partial charge in [0.25, 0.3) is 0 Å². The third-order valence-electron chi connectivity index (χ3n) is 7.80. The summed E-state index contributed by atoms with van der Waals surface area (Å²) in [5, 5.41) is 3.54. The molecule has 1 amide bonds. The number of nitrogens with one attached hydrogen (secondary N) is 1. The zero-order valence-electron chi connectivity index (χ0n) is 22.6. The highest BCUT2D eigenvalue weighted by molar-refractivity contribution is 5.69. The van der Waals surface area contributed by atoms with Gasteiger partial charge in [-0.15, -0.1) is 0 Å². The summed E-state index contributed by atoms with van der Waals surface area (Å²) in [5.74, 6) is 0. The lowest BCUT2D eigenvalue weighted by molar-refractivity contribution is -0.0265. The highest BCUT2D eigenvalue weighted by Crippen LogP contribution is 2.37. The minimum absolute atomic E-state index is 0. The van der Waals surface area contributed by atoms with Gasteiger partial charge < -0.3 is 24.4 Å². The van der Waals surface area contributed by atoms with Gasteiger partial charge in [-0.25, -0.2) is 4.79 Å². The van der Waals surface area contributed by atoms with E-state index in [4.69, 9.17) is 14.2 Å². The lowest BCUT2D eigenvalue weighted by atomic mass is 9.92. The van der Waals surface area contributed by atoms with Crippen LogP contribution in [0.25, 0.3) is 0 Å². The van der Waals surface area contributed by atoms with E-state index in [-0.39, 0.29) is 31.8 Å². The van der Waals surface area contributed by atoms with Crippen molar-refractivity contribution in [1.29, 1.82) is 0 Å². The molecule has 6 rings (SSSR count). The van der Waals surface area contributed by atoms with Crippen molar-refractivity contribution in [2.24, 2.45) is 0 Å². The topological polar surface area (TPSA) is 60.0 Å². The summed E-state index contributed by atoms with van der Waals surface area (Å²) >= 11 is 0. The van der Waals surface area contributed by atoms with Crippen LogP contribution in [0.5, 0.6) is 0 Å². The summed E-state index contributed by atoms with van der Waals surface area (Å²) in [6, 6.07) is 17.7. The first-order valence-electron chi connectivity index (χ1n) is 14.0. The van der Waals surface area contributed by atoms with Gasteiger partial charge in [-0.2, -0.15) is 0 Å². The average molecular weight is 523 g/mol. The molecule has 4 aliphatic heterocycles. The van der Waals surface area contributed by atoms with E-state index in [1.54, 1.807) is 0 Å². The number of benzene rings is 2. The highest BCUT2D eigenvalue weighted by atomic mass is 16.6. The predicted octanol–water partition coefficient (Wildman–Crippen LogP) is 6.39. The number of ether oxygens (including phenoxy) is 3. The molecule has 0 spiro atoms. The molecule has 208 valence electrons. The number of hydrogen-bond acceptors (Lipinski definition) is 5. The Kier molecular flexibility index (Phi) is 9.50. The number of carbonyl (C=O) groups excluding carboxylic acids is 1. The lowest BCUT2D eigenvalue weighted by Crippen LogP contribution is -2.43. The zero-order chi connectivity index (χ0) is 25.8. The molecule has 1 N–H and O–H groups in total. The highest BCUT2D eigenvalue weighted by Gasteiger charge is 2.40. The van der Waals surface area contributed by atoms with Crippen molar-refractivity contribution < 1.29 is 19.0 Å². The van der Waals surface area contributed by atoms with Gasteiger partial charge in [0.2, 0.25) is 0 Å². The van der Waals surface area contributed by atoms with Crippen LogP contribution in [0.2, 0.25) is 0 Å². The molecule has 2 aromatic rings. The van der Waals surface area contributed by atoms with Crippen molar-refractivity contribution in [2.45, 2.75) is 96.6 Å². The second-order valence-electron chi connectivity index (χ2n) is 11.6. The Morgan fingerprint density at radius 2 is 1.50 bits per heavy atom. The van der Waals surface area contributed by atoms with Gasteiger partial charge >= 0.3 is 6.09 Å². The second kappa shape index (κ2) is 12.6. The first-order valence-corrected chi connectivity index (χ1v) is 14.0. The van der Waals surface area contributed by atoms with Crippen LogP contribution in [0.1, 0.15) is 88.3 Å². The Hall–Kier alpha value is -2.41. The quantitative estimate of drug-likeness (QED) is 0.495. The lowest BCUT2D eigenvalue weighted by Gasteiger charge is -2.36. The molecule has 0 bridgehead atoms. The molecule has 4 atom stereocenters. The molecular formula is C32H46N2O4. The van der Waals surface area contributed by atoms with Crippen LogP contribution >= 0.6 is 0 Å². The fourth-order valence-electron chi connectivity index (χ4n) is 6.13. The summed E-state index contributed by atoms with van der Waals surface area (Å²) in [7, 11) is 0. The predicted molar refractivity (Wildman–Crippen MR) is 151 cm³/mol. The van der Waals surface area contributed by atoms with E-state index in [0.717, 1.165) is 52.0 Å². The van der Waals surface area contributed by atoms with Gasteiger partial charge in [0.05, 0.1) is 25.4 Å². The molecule has 0 aromatic heterocycles. The van der Waals surface area contributed by atoms with E-state index in [1.165, 1.54) is 35.1 Å². The van der Waals surface area contributed by atoms with Crippen molar-refractivity contribution in [3.8, 4) is 0 Å². The van der Waals surface area contributed by atoms with Crippen molar-refractivity contribution >= 4 is 6.09 Å². The molecule has 6 nitrogen and oxygen atoms in total. The first kappa shape index (κ1) is 28.6. The van der Waals surface area contributed by atoms with E-state index in [9.17, 15) is 4.79 Å². The maximum Gasteiger partial charge on any atom is 0.410 e. The summed E-state index contributed by atoms with van der Waals surface area (Å²) in [4.78, 5) is 14.3. The molecule has 2 unspecified atom stereocenters. The van der Waals surface area contributed by atoms with E-state index in [1.807, 2.05) is 31.7 Å². The maximum atomic E-state index is 12.5. The normalized spacial score (nSPS) is 26.3. The molecule has 2 aromatic carbocycles. The minimum Gasteiger partial charge on any atom is -0.444 e. The Labute approximate surface area is 229 Å². The number of amides is 1. The Bertz CT molecular complexity index is 1060. The van der Waals surface area contributed by atoms with Crippen LogP contribution < -0.4 is 5.32 Å². The van der Waals surface area contributed by atoms with Gasteiger partial charge in [-0.1, -0.05) is 56.0 Å². The fourth-order valence-corrected chi connectivity index (χ4v) is 6.13. The molecule has 0 aliphatic carbocycles. The van der Waals surface area contributed by atoms with Crippen LogP contribution in [-0.2, 0) is 27.1 Å². The van der Waals surface area contributed by atoms with E-state index >= 15 is 0 Å². The molecular weight excluding hydrogens is 476 g/mol. The third-order valence-corrected chi connectivity index (χ3v) is 7.80. The SMILES string of the molecule is C.CC(C)(C)OC(=O)N1CCC[C@H]1C1OCCc2ccccc21.c1ccc2c(c1)CCOC2[C@@H]1CCCN1. The molecule has 0 saturated carbocycles. The summed E-state index contributed by atoms with van der Waals surface area (Å²) in [5.41, 5.74) is 4.99. The number of fused-ring (bicyclic) bond motifs is 2. The number of likely N-dealkylation sites (tertiary alicyclic amines) is 1. The monoisotopic (exact) mass is 522 g/mol. The molecule has 0 radical (unpaired) electrons. The van der Waals surface area contributed by atoms with Gasteiger partial charge in [0.15, 0.2) is 0 Å². The molecule has 2 saturated heterocycles.